The first-order valence-corrected chi connectivity index (χ1v) is 9.46. The van der Waals surface area contributed by atoms with E-state index in [0.717, 1.165) is 4.57 Å². The zero-order chi connectivity index (χ0) is 20.5. The van der Waals surface area contributed by atoms with Crippen LogP contribution in [0, 0.1) is 0 Å². The summed E-state index contributed by atoms with van der Waals surface area (Å²) in [4.78, 5) is 26.1. The van der Waals surface area contributed by atoms with Gasteiger partial charge in [0, 0.05) is 0 Å². The van der Waals surface area contributed by atoms with Crippen LogP contribution < -0.4 is 5.56 Å². The Morgan fingerprint density at radius 1 is 1.07 bits per heavy atom. The maximum atomic E-state index is 13.8. The van der Waals surface area contributed by atoms with Gasteiger partial charge in [0.15, 0.2) is 0 Å². The number of nitrogens with zero attached hydrogens (tertiary/aromatic N) is 4. The van der Waals surface area contributed by atoms with Gasteiger partial charge < -0.3 is 4.98 Å². The Bertz CT molecular complexity index is 1220. The molecule has 4 aromatic rings. The molecule has 0 aliphatic carbocycles. The number of hydrogen-bond acceptors (Lipinski definition) is 4. The number of hydrogen-bond donors (Lipinski definition) is 1. The van der Waals surface area contributed by atoms with Gasteiger partial charge in [0.1, 0.15) is 11.6 Å². The van der Waals surface area contributed by atoms with E-state index in [0.29, 0.717) is 40.9 Å². The SMILES string of the molecule is CCN(Cc1nc2ccccc2c(=O)[nH]1)C(C)c1nc2ccccc2n1C(F)F. The fourth-order valence-corrected chi connectivity index (χ4v) is 3.65. The third kappa shape index (κ3) is 3.51. The molecular weight excluding hydrogens is 376 g/mol. The number of alkyl halides is 2. The number of aromatic amines is 1. The van der Waals surface area contributed by atoms with Gasteiger partial charge in [-0.2, -0.15) is 8.78 Å². The van der Waals surface area contributed by atoms with Crippen molar-refractivity contribution < 1.29 is 8.78 Å². The van der Waals surface area contributed by atoms with Gasteiger partial charge in [0.25, 0.3) is 5.56 Å². The van der Waals surface area contributed by atoms with Crippen molar-refractivity contribution in [2.45, 2.75) is 33.0 Å². The lowest BCUT2D eigenvalue weighted by atomic mass is 10.2. The summed E-state index contributed by atoms with van der Waals surface area (Å²) >= 11 is 0. The third-order valence-corrected chi connectivity index (χ3v) is 5.16. The molecule has 0 spiro atoms. The van der Waals surface area contributed by atoms with Crippen molar-refractivity contribution >= 4 is 21.9 Å². The van der Waals surface area contributed by atoms with Crippen LogP contribution >= 0.6 is 0 Å². The number of fused-ring (bicyclic) bond motifs is 2. The zero-order valence-electron chi connectivity index (χ0n) is 16.1. The van der Waals surface area contributed by atoms with E-state index in [4.69, 9.17) is 0 Å². The lowest BCUT2D eigenvalue weighted by Gasteiger charge is -2.27. The van der Waals surface area contributed by atoms with Gasteiger partial charge in [0.05, 0.1) is 34.5 Å². The van der Waals surface area contributed by atoms with Gasteiger partial charge in [-0.15, -0.1) is 0 Å². The van der Waals surface area contributed by atoms with E-state index in [2.05, 4.69) is 15.0 Å². The fraction of sp³-hybridized carbons (Fsp3) is 0.286. The fourth-order valence-electron chi connectivity index (χ4n) is 3.65. The van der Waals surface area contributed by atoms with E-state index < -0.39 is 12.6 Å². The van der Waals surface area contributed by atoms with E-state index >= 15 is 0 Å². The predicted molar refractivity (Wildman–Crippen MR) is 108 cm³/mol. The Labute approximate surface area is 165 Å². The average molecular weight is 397 g/mol. The monoisotopic (exact) mass is 397 g/mol. The summed E-state index contributed by atoms with van der Waals surface area (Å²) in [6.45, 7) is 1.96. The van der Waals surface area contributed by atoms with Crippen LogP contribution in [0.5, 0.6) is 0 Å². The summed E-state index contributed by atoms with van der Waals surface area (Å²) in [6.07, 6.45) is 0. The van der Waals surface area contributed by atoms with E-state index in [1.807, 2.05) is 24.8 Å². The summed E-state index contributed by atoms with van der Waals surface area (Å²) in [7, 11) is 0. The third-order valence-electron chi connectivity index (χ3n) is 5.16. The molecule has 1 N–H and O–H groups in total. The zero-order valence-corrected chi connectivity index (χ0v) is 16.1. The molecule has 0 fully saturated rings. The Hall–Kier alpha value is -3.13. The molecule has 2 aromatic heterocycles. The lowest BCUT2D eigenvalue weighted by Crippen LogP contribution is -2.30. The largest absolute Gasteiger partial charge is 0.320 e. The first kappa shape index (κ1) is 19.2. The van der Waals surface area contributed by atoms with Crippen molar-refractivity contribution in [3.63, 3.8) is 0 Å². The van der Waals surface area contributed by atoms with Gasteiger partial charge in [0.2, 0.25) is 0 Å². The summed E-state index contributed by atoms with van der Waals surface area (Å²) in [6, 6.07) is 13.6. The van der Waals surface area contributed by atoms with Gasteiger partial charge in [-0.25, -0.2) is 9.97 Å². The number of halogens is 2. The summed E-state index contributed by atoms with van der Waals surface area (Å²) in [5.74, 6) is 0.772. The standard InChI is InChI=1S/C21H21F2N5O/c1-3-27(12-18-24-15-9-5-4-8-14(15)20(29)26-18)13(2)19-25-16-10-6-7-11-17(16)28(19)21(22)23/h4-11,13,21H,3,12H2,1-2H3,(H,24,26,29). The molecule has 0 radical (unpaired) electrons. The number of nitrogens with one attached hydrogen (secondary N) is 1. The van der Waals surface area contributed by atoms with Gasteiger partial charge in [-0.05, 0) is 37.7 Å². The minimum Gasteiger partial charge on any atom is -0.309 e. The Morgan fingerprint density at radius 2 is 1.76 bits per heavy atom. The molecular formula is C21H21F2N5O. The minimum atomic E-state index is -2.70. The van der Waals surface area contributed by atoms with Crippen molar-refractivity contribution in [1.29, 1.82) is 0 Å². The minimum absolute atomic E-state index is 0.214. The van der Waals surface area contributed by atoms with Crippen molar-refractivity contribution in [2.75, 3.05) is 6.54 Å². The summed E-state index contributed by atoms with van der Waals surface area (Å²) in [5.41, 5.74) is 1.32. The van der Waals surface area contributed by atoms with E-state index in [-0.39, 0.29) is 11.4 Å². The van der Waals surface area contributed by atoms with Crippen LogP contribution in [-0.2, 0) is 6.54 Å². The second-order valence-corrected chi connectivity index (χ2v) is 6.88. The van der Waals surface area contributed by atoms with Crippen LogP contribution in [0.1, 0.15) is 38.1 Å². The molecule has 1 unspecified atom stereocenters. The maximum absolute atomic E-state index is 13.8. The first-order chi connectivity index (χ1) is 14.0. The molecule has 150 valence electrons. The van der Waals surface area contributed by atoms with Gasteiger partial charge in [-0.3, -0.25) is 14.3 Å². The van der Waals surface area contributed by atoms with Crippen LogP contribution in [0.4, 0.5) is 8.78 Å². The van der Waals surface area contributed by atoms with Crippen molar-refractivity contribution in [2.24, 2.45) is 0 Å². The highest BCUT2D eigenvalue weighted by Crippen LogP contribution is 2.29. The number of benzene rings is 2. The smallest absolute Gasteiger partial charge is 0.309 e. The second kappa shape index (κ2) is 7.71. The highest BCUT2D eigenvalue weighted by molar-refractivity contribution is 5.77. The molecule has 6 nitrogen and oxygen atoms in total. The normalized spacial score (nSPS) is 13.0. The van der Waals surface area contributed by atoms with Crippen LogP contribution in [0.15, 0.2) is 53.3 Å². The van der Waals surface area contributed by atoms with Crippen LogP contribution in [0.2, 0.25) is 0 Å². The molecule has 2 aromatic carbocycles. The van der Waals surface area contributed by atoms with Crippen molar-refractivity contribution in [1.82, 2.24) is 24.4 Å². The Balaban J connectivity index is 1.71. The second-order valence-electron chi connectivity index (χ2n) is 6.88. The Morgan fingerprint density at radius 3 is 2.48 bits per heavy atom. The number of H-pyrrole nitrogens is 1. The van der Waals surface area contributed by atoms with Crippen molar-refractivity contribution in [3.05, 3.63) is 70.5 Å². The molecule has 2 heterocycles. The number of para-hydroxylation sites is 3. The van der Waals surface area contributed by atoms with Crippen molar-refractivity contribution in [3.8, 4) is 0 Å². The molecule has 0 saturated heterocycles. The quantitative estimate of drug-likeness (QED) is 0.528. The highest BCUT2D eigenvalue weighted by atomic mass is 19.3. The molecule has 0 aliphatic rings. The predicted octanol–water partition coefficient (Wildman–Crippen LogP) is 4.25. The molecule has 0 amide bonds. The summed E-state index contributed by atoms with van der Waals surface area (Å²) < 4.78 is 28.6. The number of rotatable bonds is 6. The molecule has 0 bridgehead atoms. The molecule has 0 saturated carbocycles. The topological polar surface area (TPSA) is 66.8 Å². The maximum Gasteiger partial charge on any atom is 0.320 e. The van der Waals surface area contributed by atoms with E-state index in [1.165, 1.54) is 0 Å². The summed E-state index contributed by atoms with van der Waals surface area (Å²) in [5, 5.41) is 0.520. The molecule has 0 aliphatic heterocycles. The molecule has 8 heteroatoms. The Kier molecular flexibility index (Phi) is 5.10. The van der Waals surface area contributed by atoms with Crippen LogP contribution in [0.3, 0.4) is 0 Å². The molecule has 1 atom stereocenters. The van der Waals surface area contributed by atoms with Crippen LogP contribution in [-0.4, -0.2) is 31.0 Å². The highest BCUT2D eigenvalue weighted by Gasteiger charge is 2.25. The average Bonchev–Trinajstić information content (AvgIpc) is 3.11. The van der Waals surface area contributed by atoms with Crippen LogP contribution in [0.25, 0.3) is 21.9 Å². The molecule has 29 heavy (non-hydrogen) atoms. The molecule has 4 rings (SSSR count). The number of imidazole rings is 1. The number of aromatic nitrogens is 4. The first-order valence-electron chi connectivity index (χ1n) is 9.46. The van der Waals surface area contributed by atoms with Gasteiger partial charge in [-0.1, -0.05) is 31.2 Å². The lowest BCUT2D eigenvalue weighted by molar-refractivity contribution is 0.0642. The van der Waals surface area contributed by atoms with E-state index in [1.54, 1.807) is 42.5 Å². The van der Waals surface area contributed by atoms with E-state index in [9.17, 15) is 13.6 Å². The van der Waals surface area contributed by atoms with Gasteiger partial charge >= 0.3 is 6.55 Å².